The molecule has 0 bridgehead atoms. The molecule has 0 saturated carbocycles. The molecule has 4 unspecified atom stereocenters. The maximum Gasteiger partial charge on any atom is 0.309 e. The van der Waals surface area contributed by atoms with Crippen molar-refractivity contribution in [1.29, 1.82) is 0 Å². The van der Waals surface area contributed by atoms with Gasteiger partial charge in [-0.05, 0) is 0 Å². The maximum absolute atomic E-state index is 12.1. The van der Waals surface area contributed by atoms with Gasteiger partial charge in [0.05, 0.1) is 19.8 Å². The zero-order chi connectivity index (χ0) is 16.7. The van der Waals surface area contributed by atoms with Crippen molar-refractivity contribution in [2.24, 2.45) is 0 Å². The molecule has 0 spiro atoms. The number of aromatic nitrogens is 4. The normalized spacial score (nSPS) is 27.8. The number of nitrogens with zero attached hydrogens (tertiary/aromatic N) is 4. The van der Waals surface area contributed by atoms with E-state index in [1.165, 1.54) is 15.5 Å². The summed E-state index contributed by atoms with van der Waals surface area (Å²) < 4.78 is 8.17. The molecular formula is C12H17N5O6. The largest absolute Gasteiger partial charge is 0.856 e. The molecule has 1 aliphatic rings. The first kappa shape index (κ1) is 15.8. The fraction of sp³-hybridized carbons (Fsp3) is 0.583. The number of hydrogen-bond donors (Lipinski definition) is 5. The van der Waals surface area contributed by atoms with Crippen LogP contribution in [0.3, 0.4) is 0 Å². The molecule has 23 heavy (non-hydrogen) atoms. The Morgan fingerprint density at radius 2 is 2.04 bits per heavy atom. The summed E-state index contributed by atoms with van der Waals surface area (Å²) in [5, 5.41) is 50.3. The van der Waals surface area contributed by atoms with Crippen molar-refractivity contribution >= 4 is 17.1 Å². The van der Waals surface area contributed by atoms with Gasteiger partial charge in [-0.1, -0.05) is 4.98 Å². The van der Waals surface area contributed by atoms with E-state index < -0.39 is 37.0 Å². The van der Waals surface area contributed by atoms with Crippen LogP contribution in [0, 0.1) is 0 Å². The highest BCUT2D eigenvalue weighted by molar-refractivity contribution is 5.74. The minimum absolute atomic E-state index is 0.0889. The van der Waals surface area contributed by atoms with Crippen molar-refractivity contribution in [1.82, 2.24) is 14.5 Å². The van der Waals surface area contributed by atoms with Crippen molar-refractivity contribution in [2.75, 3.05) is 18.9 Å². The number of fused-ring (bicyclic) bond motifs is 1. The number of nitrogen functional groups attached to an aromatic ring is 1. The van der Waals surface area contributed by atoms with Crippen molar-refractivity contribution in [3.8, 4) is 5.88 Å². The van der Waals surface area contributed by atoms with Crippen LogP contribution < -0.4 is 15.4 Å². The number of aliphatic hydroxyl groups excluding tert-OH is 4. The van der Waals surface area contributed by atoms with Crippen LogP contribution in [0.5, 0.6) is 5.88 Å². The lowest BCUT2D eigenvalue weighted by atomic mass is 10.1. The third kappa shape index (κ3) is 2.48. The number of anilines is 1. The van der Waals surface area contributed by atoms with E-state index in [-0.39, 0.29) is 30.3 Å². The van der Waals surface area contributed by atoms with Gasteiger partial charge in [-0.2, -0.15) is 0 Å². The number of aliphatic hydroxyl groups is 4. The van der Waals surface area contributed by atoms with E-state index in [2.05, 4.69) is 9.97 Å². The van der Waals surface area contributed by atoms with Crippen LogP contribution in [0.2, 0.25) is 0 Å². The van der Waals surface area contributed by atoms with Crippen molar-refractivity contribution in [3.63, 3.8) is 0 Å². The van der Waals surface area contributed by atoms with Gasteiger partial charge in [-0.3, -0.25) is 4.57 Å². The Kier molecular flexibility index (Phi) is 4.04. The fourth-order valence-electron chi connectivity index (χ4n) is 2.71. The minimum Gasteiger partial charge on any atom is -0.856 e. The van der Waals surface area contributed by atoms with Crippen LogP contribution in [0.4, 0.5) is 5.95 Å². The summed E-state index contributed by atoms with van der Waals surface area (Å²) in [7, 11) is 0. The smallest absolute Gasteiger partial charge is 0.309 e. The Labute approximate surface area is 129 Å². The van der Waals surface area contributed by atoms with Crippen molar-refractivity contribution < 1.29 is 34.8 Å². The van der Waals surface area contributed by atoms with Crippen LogP contribution in [-0.4, -0.2) is 66.5 Å². The molecule has 2 aromatic rings. The van der Waals surface area contributed by atoms with E-state index in [9.17, 15) is 20.4 Å². The molecule has 126 valence electrons. The van der Waals surface area contributed by atoms with Gasteiger partial charge in [0, 0.05) is 5.88 Å². The highest BCUT2D eigenvalue weighted by Crippen LogP contribution is 2.28. The molecule has 6 N–H and O–H groups in total. The first-order valence-corrected chi connectivity index (χ1v) is 6.95. The first-order valence-electron chi connectivity index (χ1n) is 6.95. The van der Waals surface area contributed by atoms with E-state index in [4.69, 9.17) is 15.6 Å². The quantitative estimate of drug-likeness (QED) is 0.350. The first-order chi connectivity index (χ1) is 11.0. The van der Waals surface area contributed by atoms with Gasteiger partial charge < -0.3 is 36.0 Å². The molecule has 0 amide bonds. The Morgan fingerprint density at radius 3 is 2.65 bits per heavy atom. The Balaban J connectivity index is 2.14. The zero-order valence-electron chi connectivity index (χ0n) is 12.0. The molecule has 0 radical (unpaired) electrons. The van der Waals surface area contributed by atoms with E-state index in [1.54, 1.807) is 0 Å². The molecular weight excluding hydrogens is 310 g/mol. The minimum atomic E-state index is -1.34. The maximum atomic E-state index is 12.1. The van der Waals surface area contributed by atoms with E-state index in [0.717, 1.165) is 0 Å². The lowest BCUT2D eigenvalue weighted by molar-refractivity contribution is -0.746. The predicted octanol–water partition coefficient (Wildman–Crippen LogP) is -4.02. The summed E-state index contributed by atoms with van der Waals surface area (Å²) in [6.07, 6.45) is -3.25. The standard InChI is InChI=1S/C12H17N5O6/c13-12-14-9-6(10(22)15-12)16(1-2-18)4-17(9)11-8(21)7(20)5(3-19)23-11/h4-5,7-8,11,18-21H,1-3H2,(H2-,13,14,15,22). The monoisotopic (exact) mass is 327 g/mol. The van der Waals surface area contributed by atoms with Gasteiger partial charge in [-0.15, -0.1) is 0 Å². The van der Waals surface area contributed by atoms with E-state index in [0.29, 0.717) is 0 Å². The number of imidazole rings is 1. The molecule has 2 aromatic heterocycles. The van der Waals surface area contributed by atoms with Crippen LogP contribution >= 0.6 is 0 Å². The number of nitrogens with two attached hydrogens (primary N) is 1. The van der Waals surface area contributed by atoms with E-state index in [1.807, 2.05) is 0 Å². The third-order valence-corrected chi connectivity index (χ3v) is 3.78. The summed E-state index contributed by atoms with van der Waals surface area (Å²) in [5.74, 6) is -0.879. The lowest BCUT2D eigenvalue weighted by Gasteiger charge is -2.12. The Morgan fingerprint density at radius 1 is 1.30 bits per heavy atom. The van der Waals surface area contributed by atoms with Gasteiger partial charge in [0.25, 0.3) is 5.95 Å². The molecule has 11 nitrogen and oxygen atoms in total. The summed E-state index contributed by atoms with van der Waals surface area (Å²) in [6.45, 7) is -0.612. The topological polar surface area (TPSA) is 174 Å². The fourth-order valence-corrected chi connectivity index (χ4v) is 2.71. The second-order valence-corrected chi connectivity index (χ2v) is 5.23. The summed E-state index contributed by atoms with van der Waals surface area (Å²) >= 11 is 0. The van der Waals surface area contributed by atoms with Gasteiger partial charge in [0.15, 0.2) is 11.8 Å². The van der Waals surface area contributed by atoms with Crippen LogP contribution in [0.15, 0.2) is 6.33 Å². The molecule has 0 aliphatic carbocycles. The molecule has 4 atom stereocenters. The Hall–Kier alpha value is -2.05. The second-order valence-electron chi connectivity index (χ2n) is 5.23. The summed E-state index contributed by atoms with van der Waals surface area (Å²) in [6, 6.07) is 0. The molecule has 11 heteroatoms. The molecule has 1 saturated heterocycles. The number of rotatable bonds is 4. The van der Waals surface area contributed by atoms with Gasteiger partial charge >= 0.3 is 5.65 Å². The molecule has 1 fully saturated rings. The number of ether oxygens (including phenoxy) is 1. The molecule has 3 rings (SSSR count). The average molecular weight is 327 g/mol. The SMILES string of the molecule is Nc1nc([O-])c2c(n1)[n+](C1OC(CO)C(O)C1O)cn2CCO. The third-order valence-electron chi connectivity index (χ3n) is 3.78. The van der Waals surface area contributed by atoms with Gasteiger partial charge in [0.2, 0.25) is 6.23 Å². The average Bonchev–Trinajstić information content (AvgIpc) is 2.99. The molecule has 3 heterocycles. The molecule has 0 aromatic carbocycles. The van der Waals surface area contributed by atoms with Crippen LogP contribution in [0.1, 0.15) is 6.23 Å². The van der Waals surface area contributed by atoms with Gasteiger partial charge in [0.1, 0.15) is 18.3 Å². The van der Waals surface area contributed by atoms with Crippen LogP contribution in [0.25, 0.3) is 11.2 Å². The summed E-state index contributed by atoms with van der Waals surface area (Å²) in [5.41, 5.74) is 5.70. The zero-order valence-corrected chi connectivity index (χ0v) is 12.0. The lowest BCUT2D eigenvalue weighted by Crippen LogP contribution is -2.46. The predicted molar refractivity (Wildman–Crippen MR) is 71.7 cm³/mol. The highest BCUT2D eigenvalue weighted by Gasteiger charge is 2.46. The Bertz CT molecular complexity index is 722. The number of hydrogen-bond acceptors (Lipinski definition) is 9. The van der Waals surface area contributed by atoms with Gasteiger partial charge in [-0.25, -0.2) is 9.55 Å². The van der Waals surface area contributed by atoms with Crippen molar-refractivity contribution in [3.05, 3.63) is 6.33 Å². The molecule has 1 aliphatic heterocycles. The second kappa shape index (κ2) is 5.86. The summed E-state index contributed by atoms with van der Waals surface area (Å²) in [4.78, 5) is 7.54. The van der Waals surface area contributed by atoms with Crippen LogP contribution in [-0.2, 0) is 11.3 Å². The van der Waals surface area contributed by atoms with Crippen molar-refractivity contribution in [2.45, 2.75) is 31.1 Å². The highest BCUT2D eigenvalue weighted by atomic mass is 16.6. The van der Waals surface area contributed by atoms with E-state index >= 15 is 0 Å².